The summed E-state index contributed by atoms with van der Waals surface area (Å²) in [5.41, 5.74) is 1.39. The first-order chi connectivity index (χ1) is 6.23. The Morgan fingerprint density at radius 2 is 2.31 bits per heavy atom. The van der Waals surface area contributed by atoms with Crippen molar-refractivity contribution in [3.8, 4) is 0 Å². The smallest absolute Gasteiger partial charge is 0.121 e. The summed E-state index contributed by atoms with van der Waals surface area (Å²) in [6, 6.07) is 8.40. The summed E-state index contributed by atoms with van der Waals surface area (Å²) in [6.45, 7) is 2.16. The second-order valence-electron chi connectivity index (χ2n) is 3.71. The summed E-state index contributed by atoms with van der Waals surface area (Å²) >= 11 is 1.83. The molecule has 2 rings (SSSR count). The average molecular weight is 192 g/mol. The first-order valence-electron chi connectivity index (χ1n) is 4.44. The lowest BCUT2D eigenvalue weighted by atomic mass is 9.98. The van der Waals surface area contributed by atoms with Crippen LogP contribution in [0.5, 0.6) is 0 Å². The molecule has 1 nitrogen and oxygen atoms in total. The Morgan fingerprint density at radius 3 is 3.00 bits per heavy atom. The van der Waals surface area contributed by atoms with E-state index in [2.05, 4.69) is 31.2 Å². The van der Waals surface area contributed by atoms with Gasteiger partial charge in [-0.25, -0.2) is 0 Å². The third kappa shape index (κ3) is 1.63. The highest BCUT2D eigenvalue weighted by atomic mass is 32.2. The third-order valence-electron chi connectivity index (χ3n) is 2.41. The second-order valence-corrected chi connectivity index (χ2v) is 5.34. The van der Waals surface area contributed by atoms with E-state index in [0.29, 0.717) is 6.42 Å². The molecule has 1 aliphatic heterocycles. The summed E-state index contributed by atoms with van der Waals surface area (Å²) < 4.78 is 0.103. The Hall–Kier alpha value is -0.760. The predicted octanol–water partition coefficient (Wildman–Crippen LogP) is 2.68. The molecule has 13 heavy (non-hydrogen) atoms. The number of hydrogen-bond donors (Lipinski definition) is 0. The fourth-order valence-electron chi connectivity index (χ4n) is 1.74. The van der Waals surface area contributed by atoms with Crippen LogP contribution in [0.4, 0.5) is 0 Å². The maximum atomic E-state index is 10.5. The fourth-order valence-corrected chi connectivity index (χ4v) is 3.07. The Balaban J connectivity index is 2.26. The molecular formula is C11H12OS. The molecule has 0 aromatic heterocycles. The number of thioether (sulfide) groups is 1. The predicted molar refractivity (Wildman–Crippen MR) is 55.1 cm³/mol. The zero-order valence-electron chi connectivity index (χ0n) is 7.62. The van der Waals surface area contributed by atoms with Crippen LogP contribution in [0.25, 0.3) is 0 Å². The molecular weight excluding hydrogens is 180 g/mol. The van der Waals surface area contributed by atoms with Gasteiger partial charge in [0.05, 0.1) is 0 Å². The molecule has 68 valence electrons. The van der Waals surface area contributed by atoms with Gasteiger partial charge in [0.15, 0.2) is 0 Å². The fraction of sp³-hybridized carbons (Fsp3) is 0.364. The molecule has 0 unspecified atom stereocenters. The Bertz CT molecular complexity index is 308. The van der Waals surface area contributed by atoms with Crippen molar-refractivity contribution in [2.45, 2.75) is 29.4 Å². The monoisotopic (exact) mass is 192 g/mol. The highest BCUT2D eigenvalue weighted by molar-refractivity contribution is 8.01. The number of carbonyl (C=O) groups excluding carboxylic acids is 1. The summed E-state index contributed by atoms with van der Waals surface area (Å²) in [6.07, 6.45) is 2.69. The minimum absolute atomic E-state index is 0.103. The molecule has 0 saturated heterocycles. The van der Waals surface area contributed by atoms with Crippen molar-refractivity contribution in [3.63, 3.8) is 0 Å². The van der Waals surface area contributed by atoms with Gasteiger partial charge < -0.3 is 4.79 Å². The zero-order chi connectivity index (χ0) is 9.31. The molecule has 1 aromatic rings. The second kappa shape index (κ2) is 3.18. The highest BCUT2D eigenvalue weighted by Gasteiger charge is 2.32. The normalized spacial score (nSPS) is 25.6. The maximum Gasteiger partial charge on any atom is 0.121 e. The number of rotatable bonds is 2. The Morgan fingerprint density at radius 1 is 1.54 bits per heavy atom. The topological polar surface area (TPSA) is 17.1 Å². The Labute approximate surface area is 82.5 Å². The van der Waals surface area contributed by atoms with Crippen LogP contribution in [0.2, 0.25) is 0 Å². The van der Waals surface area contributed by atoms with Gasteiger partial charge in [0, 0.05) is 16.1 Å². The summed E-state index contributed by atoms with van der Waals surface area (Å²) in [5, 5.41) is 0. The largest absolute Gasteiger partial charge is 0.303 e. The number of aldehydes is 1. The van der Waals surface area contributed by atoms with Crippen LogP contribution in [0.1, 0.15) is 18.9 Å². The number of carbonyl (C=O) groups is 1. The zero-order valence-corrected chi connectivity index (χ0v) is 8.43. The van der Waals surface area contributed by atoms with Crippen LogP contribution in [0, 0.1) is 0 Å². The minimum atomic E-state index is 0.103. The molecule has 0 fully saturated rings. The molecule has 0 amide bonds. The third-order valence-corrected chi connectivity index (χ3v) is 3.83. The first kappa shape index (κ1) is 8.82. The van der Waals surface area contributed by atoms with E-state index in [1.807, 2.05) is 11.8 Å². The maximum absolute atomic E-state index is 10.5. The van der Waals surface area contributed by atoms with Crippen LogP contribution in [-0.2, 0) is 11.2 Å². The van der Waals surface area contributed by atoms with E-state index >= 15 is 0 Å². The Kier molecular flexibility index (Phi) is 2.16. The molecule has 1 heterocycles. The molecule has 0 spiro atoms. The van der Waals surface area contributed by atoms with Crippen molar-refractivity contribution in [1.29, 1.82) is 0 Å². The standard InChI is InChI=1S/C11H12OS/c1-11(6-7-12)8-9-4-2-3-5-10(9)13-11/h2-5,7H,6,8H2,1H3/t11-/m0/s1. The summed E-state index contributed by atoms with van der Waals surface area (Å²) in [7, 11) is 0. The quantitative estimate of drug-likeness (QED) is 0.670. The van der Waals surface area contributed by atoms with Gasteiger partial charge >= 0.3 is 0 Å². The van der Waals surface area contributed by atoms with Crippen LogP contribution in [-0.4, -0.2) is 11.0 Å². The van der Waals surface area contributed by atoms with Crippen molar-refractivity contribution < 1.29 is 4.79 Å². The number of hydrogen-bond acceptors (Lipinski definition) is 2. The van der Waals surface area contributed by atoms with Crippen molar-refractivity contribution in [2.24, 2.45) is 0 Å². The van der Waals surface area contributed by atoms with Gasteiger partial charge in [-0.05, 0) is 25.0 Å². The van der Waals surface area contributed by atoms with Gasteiger partial charge in [-0.2, -0.15) is 0 Å². The molecule has 0 bridgehead atoms. The molecule has 0 N–H and O–H groups in total. The van der Waals surface area contributed by atoms with E-state index < -0.39 is 0 Å². The van der Waals surface area contributed by atoms with E-state index in [1.54, 1.807) is 0 Å². The van der Waals surface area contributed by atoms with Crippen LogP contribution < -0.4 is 0 Å². The van der Waals surface area contributed by atoms with Crippen molar-refractivity contribution in [3.05, 3.63) is 29.8 Å². The number of benzene rings is 1. The van der Waals surface area contributed by atoms with E-state index in [1.165, 1.54) is 10.5 Å². The highest BCUT2D eigenvalue weighted by Crippen LogP contribution is 2.46. The van der Waals surface area contributed by atoms with Gasteiger partial charge in [-0.3, -0.25) is 0 Å². The molecule has 1 aromatic carbocycles. The summed E-state index contributed by atoms with van der Waals surface area (Å²) in [4.78, 5) is 11.8. The average Bonchev–Trinajstić information content (AvgIpc) is 2.40. The molecule has 0 saturated carbocycles. The number of fused-ring (bicyclic) bond motifs is 1. The van der Waals surface area contributed by atoms with E-state index in [4.69, 9.17) is 0 Å². The van der Waals surface area contributed by atoms with Crippen molar-refractivity contribution >= 4 is 18.0 Å². The lowest BCUT2D eigenvalue weighted by Crippen LogP contribution is -2.18. The van der Waals surface area contributed by atoms with E-state index in [0.717, 1.165) is 12.7 Å². The van der Waals surface area contributed by atoms with E-state index in [9.17, 15) is 4.79 Å². The van der Waals surface area contributed by atoms with Gasteiger partial charge in [0.25, 0.3) is 0 Å². The molecule has 0 aliphatic carbocycles. The van der Waals surface area contributed by atoms with Gasteiger partial charge in [-0.1, -0.05) is 18.2 Å². The SMILES string of the molecule is C[C@]1(CC=O)Cc2ccccc2S1. The molecule has 0 radical (unpaired) electrons. The van der Waals surface area contributed by atoms with Crippen molar-refractivity contribution in [2.75, 3.05) is 0 Å². The minimum Gasteiger partial charge on any atom is -0.303 e. The molecule has 1 atom stereocenters. The van der Waals surface area contributed by atoms with Gasteiger partial charge in [0.1, 0.15) is 6.29 Å². The lowest BCUT2D eigenvalue weighted by Gasteiger charge is -2.18. The van der Waals surface area contributed by atoms with E-state index in [-0.39, 0.29) is 4.75 Å². The van der Waals surface area contributed by atoms with Crippen LogP contribution in [0.3, 0.4) is 0 Å². The van der Waals surface area contributed by atoms with Crippen LogP contribution in [0.15, 0.2) is 29.2 Å². The van der Waals surface area contributed by atoms with Crippen LogP contribution >= 0.6 is 11.8 Å². The van der Waals surface area contributed by atoms with Gasteiger partial charge in [-0.15, -0.1) is 11.8 Å². The van der Waals surface area contributed by atoms with Gasteiger partial charge in [0.2, 0.25) is 0 Å². The molecule has 1 aliphatic rings. The first-order valence-corrected chi connectivity index (χ1v) is 5.26. The summed E-state index contributed by atoms with van der Waals surface area (Å²) in [5.74, 6) is 0. The lowest BCUT2D eigenvalue weighted by molar-refractivity contribution is -0.108. The molecule has 2 heteroatoms. The van der Waals surface area contributed by atoms with Crippen molar-refractivity contribution in [1.82, 2.24) is 0 Å².